The molecule has 2 rings (SSSR count). The van der Waals surface area contributed by atoms with Crippen molar-refractivity contribution in [2.45, 2.75) is 33.0 Å². The lowest BCUT2D eigenvalue weighted by molar-refractivity contribution is -0.149. The fraction of sp³-hybridized carbons (Fsp3) is 0.400. The standard InChI is InChI=1S/C15H19NO4/c1-12(2)20-15(17)11-16(9-13-5-3-7-18-13)10-14-6-4-8-19-14/h3-8,12H,9-11H2,1-2H3. The van der Waals surface area contributed by atoms with Crippen LogP contribution < -0.4 is 0 Å². The maximum absolute atomic E-state index is 11.8. The maximum atomic E-state index is 11.8. The molecule has 0 spiro atoms. The molecule has 0 N–H and O–H groups in total. The molecule has 0 amide bonds. The normalized spacial score (nSPS) is 11.2. The molecule has 20 heavy (non-hydrogen) atoms. The van der Waals surface area contributed by atoms with Gasteiger partial charge in [-0.1, -0.05) is 0 Å². The highest BCUT2D eigenvalue weighted by Gasteiger charge is 2.16. The molecule has 108 valence electrons. The molecule has 5 heteroatoms. The Morgan fingerprint density at radius 2 is 1.70 bits per heavy atom. The highest BCUT2D eigenvalue weighted by molar-refractivity contribution is 5.71. The summed E-state index contributed by atoms with van der Waals surface area (Å²) in [5.41, 5.74) is 0. The van der Waals surface area contributed by atoms with E-state index < -0.39 is 0 Å². The molecular formula is C15H19NO4. The van der Waals surface area contributed by atoms with Gasteiger partial charge in [0, 0.05) is 0 Å². The molecule has 0 saturated carbocycles. The van der Waals surface area contributed by atoms with Gasteiger partial charge in [0.1, 0.15) is 11.5 Å². The van der Waals surface area contributed by atoms with E-state index in [2.05, 4.69) is 0 Å². The molecule has 2 aromatic rings. The van der Waals surface area contributed by atoms with Crippen molar-refractivity contribution in [3.63, 3.8) is 0 Å². The Balaban J connectivity index is 1.97. The summed E-state index contributed by atoms with van der Waals surface area (Å²) < 4.78 is 15.8. The third-order valence-electron chi connectivity index (χ3n) is 2.64. The third-order valence-corrected chi connectivity index (χ3v) is 2.64. The van der Waals surface area contributed by atoms with Gasteiger partial charge in [-0.15, -0.1) is 0 Å². The van der Waals surface area contributed by atoms with E-state index in [0.717, 1.165) is 11.5 Å². The fourth-order valence-corrected chi connectivity index (χ4v) is 1.90. The van der Waals surface area contributed by atoms with E-state index in [1.54, 1.807) is 12.5 Å². The summed E-state index contributed by atoms with van der Waals surface area (Å²) in [5, 5.41) is 0. The van der Waals surface area contributed by atoms with Gasteiger partial charge in [-0.25, -0.2) is 0 Å². The topological polar surface area (TPSA) is 55.8 Å². The van der Waals surface area contributed by atoms with Gasteiger partial charge in [0.25, 0.3) is 0 Å². The van der Waals surface area contributed by atoms with Gasteiger partial charge in [-0.2, -0.15) is 0 Å². The summed E-state index contributed by atoms with van der Waals surface area (Å²) in [6.45, 7) is 4.92. The zero-order valence-electron chi connectivity index (χ0n) is 11.7. The number of carbonyl (C=O) groups excluding carboxylic acids is 1. The highest BCUT2D eigenvalue weighted by atomic mass is 16.5. The monoisotopic (exact) mass is 277 g/mol. The van der Waals surface area contributed by atoms with Crippen molar-refractivity contribution < 1.29 is 18.4 Å². The van der Waals surface area contributed by atoms with Crippen molar-refractivity contribution in [1.82, 2.24) is 4.90 Å². The van der Waals surface area contributed by atoms with Gasteiger partial charge < -0.3 is 13.6 Å². The first-order chi connectivity index (χ1) is 9.63. The second-order valence-electron chi connectivity index (χ2n) is 4.84. The van der Waals surface area contributed by atoms with E-state index in [4.69, 9.17) is 13.6 Å². The van der Waals surface area contributed by atoms with E-state index in [9.17, 15) is 4.79 Å². The Morgan fingerprint density at radius 3 is 2.10 bits per heavy atom. The molecule has 2 heterocycles. The highest BCUT2D eigenvalue weighted by Crippen LogP contribution is 2.11. The zero-order valence-corrected chi connectivity index (χ0v) is 11.7. The molecule has 0 aliphatic carbocycles. The van der Waals surface area contributed by atoms with Crippen LogP contribution in [0.15, 0.2) is 45.6 Å². The Kier molecular flexibility index (Phi) is 5.01. The number of hydrogen-bond acceptors (Lipinski definition) is 5. The van der Waals surface area contributed by atoms with E-state index in [1.165, 1.54) is 0 Å². The molecule has 0 aromatic carbocycles. The fourth-order valence-electron chi connectivity index (χ4n) is 1.90. The average Bonchev–Trinajstić information content (AvgIpc) is 3.00. The minimum atomic E-state index is -0.252. The zero-order chi connectivity index (χ0) is 14.4. The molecule has 0 radical (unpaired) electrons. The maximum Gasteiger partial charge on any atom is 0.320 e. The first kappa shape index (κ1) is 14.4. The van der Waals surface area contributed by atoms with Crippen LogP contribution in [0.3, 0.4) is 0 Å². The Hall–Kier alpha value is -2.01. The number of hydrogen-bond donors (Lipinski definition) is 0. The third kappa shape index (κ3) is 4.59. The molecule has 0 atom stereocenters. The molecule has 0 saturated heterocycles. The van der Waals surface area contributed by atoms with Crippen LogP contribution in [0.2, 0.25) is 0 Å². The molecule has 2 aromatic heterocycles. The summed E-state index contributed by atoms with van der Waals surface area (Å²) in [6.07, 6.45) is 3.12. The predicted octanol–water partition coefficient (Wildman–Crippen LogP) is 2.83. The average molecular weight is 277 g/mol. The largest absolute Gasteiger partial charge is 0.468 e. The summed E-state index contributed by atoms with van der Waals surface area (Å²) >= 11 is 0. The van der Waals surface area contributed by atoms with Gasteiger partial charge in [-0.3, -0.25) is 9.69 Å². The second kappa shape index (κ2) is 6.96. The molecule has 5 nitrogen and oxygen atoms in total. The van der Waals surface area contributed by atoms with E-state index in [-0.39, 0.29) is 18.6 Å². The van der Waals surface area contributed by atoms with Gasteiger partial charge in [-0.05, 0) is 38.1 Å². The van der Waals surface area contributed by atoms with Crippen LogP contribution in [0, 0.1) is 0 Å². The van der Waals surface area contributed by atoms with Crippen LogP contribution in [0.1, 0.15) is 25.4 Å². The first-order valence-corrected chi connectivity index (χ1v) is 6.60. The molecule has 0 bridgehead atoms. The molecule has 0 aliphatic rings. The van der Waals surface area contributed by atoms with Gasteiger partial charge >= 0.3 is 5.97 Å². The van der Waals surface area contributed by atoms with E-state index >= 15 is 0 Å². The van der Waals surface area contributed by atoms with E-state index in [0.29, 0.717) is 13.1 Å². The lowest BCUT2D eigenvalue weighted by Crippen LogP contribution is -2.31. The second-order valence-corrected chi connectivity index (χ2v) is 4.84. The lowest BCUT2D eigenvalue weighted by atomic mass is 10.3. The van der Waals surface area contributed by atoms with Crippen molar-refractivity contribution in [3.05, 3.63) is 48.3 Å². The quantitative estimate of drug-likeness (QED) is 0.728. The van der Waals surface area contributed by atoms with Crippen LogP contribution >= 0.6 is 0 Å². The number of ether oxygens (including phenoxy) is 1. The Labute approximate surface area is 118 Å². The van der Waals surface area contributed by atoms with E-state index in [1.807, 2.05) is 43.0 Å². The van der Waals surface area contributed by atoms with Crippen LogP contribution in [-0.2, 0) is 22.6 Å². The van der Waals surface area contributed by atoms with Crippen molar-refractivity contribution >= 4 is 5.97 Å². The van der Waals surface area contributed by atoms with Gasteiger partial charge in [0.15, 0.2) is 0 Å². The van der Waals surface area contributed by atoms with Crippen molar-refractivity contribution in [2.24, 2.45) is 0 Å². The Bertz CT molecular complexity index is 466. The molecule has 0 unspecified atom stereocenters. The number of carbonyl (C=O) groups is 1. The summed E-state index contributed by atoms with van der Waals surface area (Å²) in [4.78, 5) is 13.7. The SMILES string of the molecule is CC(C)OC(=O)CN(Cc1ccco1)Cc1ccco1. The smallest absolute Gasteiger partial charge is 0.320 e. The predicted molar refractivity (Wildman–Crippen MR) is 72.8 cm³/mol. The van der Waals surface area contributed by atoms with Crippen LogP contribution in [0.5, 0.6) is 0 Å². The molecular weight excluding hydrogens is 258 g/mol. The van der Waals surface area contributed by atoms with Crippen molar-refractivity contribution in [2.75, 3.05) is 6.54 Å². The lowest BCUT2D eigenvalue weighted by Gasteiger charge is -2.19. The van der Waals surface area contributed by atoms with Crippen LogP contribution in [0.25, 0.3) is 0 Å². The summed E-state index contributed by atoms with van der Waals surface area (Å²) in [5.74, 6) is 1.35. The summed E-state index contributed by atoms with van der Waals surface area (Å²) in [6, 6.07) is 7.41. The Morgan fingerprint density at radius 1 is 1.15 bits per heavy atom. The number of rotatable bonds is 7. The van der Waals surface area contributed by atoms with Gasteiger partial charge in [0.05, 0.1) is 38.3 Å². The van der Waals surface area contributed by atoms with Crippen molar-refractivity contribution in [3.8, 4) is 0 Å². The van der Waals surface area contributed by atoms with Crippen LogP contribution in [0.4, 0.5) is 0 Å². The van der Waals surface area contributed by atoms with Gasteiger partial charge in [0.2, 0.25) is 0 Å². The number of esters is 1. The number of furan rings is 2. The minimum absolute atomic E-state index is 0.114. The van der Waals surface area contributed by atoms with Crippen LogP contribution in [-0.4, -0.2) is 23.5 Å². The molecule has 0 fully saturated rings. The minimum Gasteiger partial charge on any atom is -0.468 e. The summed E-state index contributed by atoms with van der Waals surface area (Å²) in [7, 11) is 0. The first-order valence-electron chi connectivity index (χ1n) is 6.60. The van der Waals surface area contributed by atoms with Crippen molar-refractivity contribution in [1.29, 1.82) is 0 Å². The molecule has 0 aliphatic heterocycles. The number of nitrogens with zero attached hydrogens (tertiary/aromatic N) is 1.